The third kappa shape index (κ3) is 4.38. The van der Waals surface area contributed by atoms with Crippen LogP contribution >= 0.6 is 0 Å². The maximum absolute atomic E-state index is 10.1. The van der Waals surface area contributed by atoms with Gasteiger partial charge in [-0.2, -0.15) is 0 Å². The molecule has 1 heteroatoms. The lowest BCUT2D eigenvalue weighted by molar-refractivity contribution is 0.213. The summed E-state index contributed by atoms with van der Waals surface area (Å²) in [5.41, 5.74) is 3.56. The van der Waals surface area contributed by atoms with Crippen molar-refractivity contribution < 1.29 is 5.11 Å². The van der Waals surface area contributed by atoms with Crippen molar-refractivity contribution in [2.75, 3.05) is 0 Å². The Balaban J connectivity index is 1.92. The number of rotatable bonds is 5. The first-order valence-corrected chi connectivity index (χ1v) is 6.71. The molecule has 1 atom stereocenters. The van der Waals surface area contributed by atoms with Crippen molar-refractivity contribution in [3.8, 4) is 0 Å². The predicted octanol–water partition coefficient (Wildman–Crippen LogP) is 4.08. The van der Waals surface area contributed by atoms with Crippen molar-refractivity contribution in [3.05, 3.63) is 77.9 Å². The van der Waals surface area contributed by atoms with E-state index in [1.54, 1.807) is 0 Å². The molecule has 0 aliphatic rings. The molecule has 0 saturated heterocycles. The Morgan fingerprint density at radius 1 is 1.00 bits per heavy atom. The van der Waals surface area contributed by atoms with Gasteiger partial charge in [-0.3, -0.25) is 0 Å². The molecule has 0 unspecified atom stereocenters. The number of aliphatic hydroxyl groups is 1. The molecule has 2 rings (SSSR count). The molecule has 1 N–H and O–H groups in total. The zero-order valence-corrected chi connectivity index (χ0v) is 11.3. The van der Waals surface area contributed by atoms with E-state index in [9.17, 15) is 5.11 Å². The van der Waals surface area contributed by atoms with Gasteiger partial charge in [0.25, 0.3) is 0 Å². The molecule has 1 nitrogen and oxygen atoms in total. The Labute approximate surface area is 115 Å². The maximum Gasteiger partial charge on any atom is 0.0729 e. The van der Waals surface area contributed by atoms with Gasteiger partial charge in [0.15, 0.2) is 0 Å². The summed E-state index contributed by atoms with van der Waals surface area (Å²) >= 11 is 0. The fourth-order valence-electron chi connectivity index (χ4n) is 2.13. The molecule has 0 saturated carbocycles. The fourth-order valence-corrected chi connectivity index (χ4v) is 2.13. The molecule has 0 amide bonds. The van der Waals surface area contributed by atoms with Crippen LogP contribution in [0, 0.1) is 0 Å². The SMILES string of the molecule is C/C(=C\[C@H](O)CCc1ccccc1)c1ccccc1. The largest absolute Gasteiger partial charge is 0.389 e. The molecule has 2 aromatic rings. The summed E-state index contributed by atoms with van der Waals surface area (Å²) in [4.78, 5) is 0. The van der Waals surface area contributed by atoms with Crippen LogP contribution in [0.1, 0.15) is 24.5 Å². The minimum atomic E-state index is -0.389. The van der Waals surface area contributed by atoms with Crippen LogP contribution in [-0.2, 0) is 6.42 Å². The molecule has 0 spiro atoms. The van der Waals surface area contributed by atoms with Gasteiger partial charge < -0.3 is 5.11 Å². The summed E-state index contributed by atoms with van der Waals surface area (Å²) in [6, 6.07) is 20.4. The van der Waals surface area contributed by atoms with Gasteiger partial charge in [-0.05, 0) is 36.5 Å². The highest BCUT2D eigenvalue weighted by Gasteiger charge is 2.03. The summed E-state index contributed by atoms with van der Waals surface area (Å²) in [6.45, 7) is 2.04. The van der Waals surface area contributed by atoms with Gasteiger partial charge in [0.05, 0.1) is 6.10 Å². The van der Waals surface area contributed by atoms with Gasteiger partial charge in [0.2, 0.25) is 0 Å². The average molecular weight is 252 g/mol. The monoisotopic (exact) mass is 252 g/mol. The van der Waals surface area contributed by atoms with Crippen LogP contribution in [-0.4, -0.2) is 11.2 Å². The molecule has 0 aromatic heterocycles. The lowest BCUT2D eigenvalue weighted by Crippen LogP contribution is -2.04. The zero-order chi connectivity index (χ0) is 13.5. The predicted molar refractivity (Wildman–Crippen MR) is 80.9 cm³/mol. The van der Waals surface area contributed by atoms with Gasteiger partial charge in [-0.25, -0.2) is 0 Å². The molecule has 0 heterocycles. The maximum atomic E-state index is 10.1. The normalized spacial score (nSPS) is 13.3. The average Bonchev–Trinajstić information content (AvgIpc) is 2.47. The molecule has 0 aliphatic carbocycles. The number of aliphatic hydroxyl groups excluding tert-OH is 1. The first-order valence-electron chi connectivity index (χ1n) is 6.71. The standard InChI is InChI=1S/C18H20O/c1-15(17-10-6-3-7-11-17)14-18(19)13-12-16-8-4-2-5-9-16/h2-11,14,18-19H,12-13H2,1H3/b15-14+/t18-/m1/s1. The number of aryl methyl sites for hydroxylation is 1. The van der Waals surface area contributed by atoms with Crippen molar-refractivity contribution in [2.24, 2.45) is 0 Å². The van der Waals surface area contributed by atoms with E-state index in [4.69, 9.17) is 0 Å². The highest BCUT2D eigenvalue weighted by atomic mass is 16.3. The molecule has 0 bridgehead atoms. The van der Waals surface area contributed by atoms with E-state index in [2.05, 4.69) is 24.3 Å². The smallest absolute Gasteiger partial charge is 0.0729 e. The van der Waals surface area contributed by atoms with Crippen LogP contribution in [0.4, 0.5) is 0 Å². The second-order valence-corrected chi connectivity index (χ2v) is 4.81. The van der Waals surface area contributed by atoms with Crippen molar-refractivity contribution in [1.29, 1.82) is 0 Å². The van der Waals surface area contributed by atoms with Crippen LogP contribution < -0.4 is 0 Å². The third-order valence-electron chi connectivity index (χ3n) is 3.24. The molecule has 0 radical (unpaired) electrons. The third-order valence-corrected chi connectivity index (χ3v) is 3.24. The Morgan fingerprint density at radius 2 is 1.58 bits per heavy atom. The summed E-state index contributed by atoms with van der Waals surface area (Å²) in [6.07, 6.45) is 3.22. The number of hydrogen-bond donors (Lipinski definition) is 1. The van der Waals surface area contributed by atoms with Crippen LogP contribution in [0.2, 0.25) is 0 Å². The van der Waals surface area contributed by atoms with Crippen LogP contribution in [0.15, 0.2) is 66.7 Å². The van der Waals surface area contributed by atoms with E-state index < -0.39 is 0 Å². The van der Waals surface area contributed by atoms with Crippen LogP contribution in [0.5, 0.6) is 0 Å². The topological polar surface area (TPSA) is 20.2 Å². The summed E-state index contributed by atoms with van der Waals surface area (Å²) < 4.78 is 0. The fraction of sp³-hybridized carbons (Fsp3) is 0.222. The van der Waals surface area contributed by atoms with Crippen molar-refractivity contribution in [2.45, 2.75) is 25.9 Å². The van der Waals surface area contributed by atoms with Gasteiger partial charge in [0, 0.05) is 0 Å². The van der Waals surface area contributed by atoms with Crippen molar-refractivity contribution in [1.82, 2.24) is 0 Å². The summed E-state index contributed by atoms with van der Waals surface area (Å²) in [5, 5.41) is 10.1. The Kier molecular flexibility index (Phi) is 4.93. The summed E-state index contributed by atoms with van der Waals surface area (Å²) in [5.74, 6) is 0. The number of hydrogen-bond acceptors (Lipinski definition) is 1. The minimum absolute atomic E-state index is 0.389. The second-order valence-electron chi connectivity index (χ2n) is 4.81. The second kappa shape index (κ2) is 6.91. The highest BCUT2D eigenvalue weighted by molar-refractivity contribution is 5.63. The lowest BCUT2D eigenvalue weighted by atomic mass is 10.0. The highest BCUT2D eigenvalue weighted by Crippen LogP contribution is 2.15. The first kappa shape index (κ1) is 13.6. The molecule has 19 heavy (non-hydrogen) atoms. The van der Waals surface area contributed by atoms with Gasteiger partial charge in [0.1, 0.15) is 0 Å². The molecular formula is C18H20O. The van der Waals surface area contributed by atoms with E-state index in [1.165, 1.54) is 11.1 Å². The van der Waals surface area contributed by atoms with E-state index in [-0.39, 0.29) is 6.10 Å². The Hall–Kier alpha value is -1.86. The molecule has 0 fully saturated rings. The molecule has 98 valence electrons. The molecule has 2 aromatic carbocycles. The molecular weight excluding hydrogens is 232 g/mol. The van der Waals surface area contributed by atoms with Crippen molar-refractivity contribution >= 4 is 5.57 Å². The van der Waals surface area contributed by atoms with Crippen molar-refractivity contribution in [3.63, 3.8) is 0 Å². The van der Waals surface area contributed by atoms with E-state index in [0.717, 1.165) is 18.4 Å². The van der Waals surface area contributed by atoms with Crippen LogP contribution in [0.3, 0.4) is 0 Å². The Bertz CT molecular complexity index is 514. The van der Waals surface area contributed by atoms with E-state index >= 15 is 0 Å². The number of allylic oxidation sites excluding steroid dienone is 1. The van der Waals surface area contributed by atoms with E-state index in [1.807, 2.05) is 49.4 Å². The zero-order valence-electron chi connectivity index (χ0n) is 11.3. The van der Waals surface area contributed by atoms with Crippen LogP contribution in [0.25, 0.3) is 5.57 Å². The number of benzene rings is 2. The quantitative estimate of drug-likeness (QED) is 0.850. The first-order chi connectivity index (χ1) is 9.25. The lowest BCUT2D eigenvalue weighted by Gasteiger charge is -2.08. The summed E-state index contributed by atoms with van der Waals surface area (Å²) in [7, 11) is 0. The molecule has 0 aliphatic heterocycles. The van der Waals surface area contributed by atoms with Gasteiger partial charge in [-0.1, -0.05) is 66.7 Å². The van der Waals surface area contributed by atoms with E-state index in [0.29, 0.717) is 0 Å². The van der Waals surface area contributed by atoms with Gasteiger partial charge >= 0.3 is 0 Å². The Morgan fingerprint density at radius 3 is 2.21 bits per heavy atom. The minimum Gasteiger partial charge on any atom is -0.389 e. The van der Waals surface area contributed by atoms with Gasteiger partial charge in [-0.15, -0.1) is 0 Å².